The van der Waals surface area contributed by atoms with Gasteiger partial charge in [-0.1, -0.05) is 39.3 Å². The maximum Gasteiger partial charge on any atom is 0.338 e. The Labute approximate surface area is 258 Å². The summed E-state index contributed by atoms with van der Waals surface area (Å²) in [6, 6.07) is 0. The summed E-state index contributed by atoms with van der Waals surface area (Å²) in [7, 11) is 0. The molecule has 6 rings (SSSR count). The first kappa shape index (κ1) is 32.3. The molecule has 0 radical (unpaired) electrons. The zero-order chi connectivity index (χ0) is 31.9. The minimum Gasteiger partial charge on any atom is -0.479 e. The first-order valence-electron chi connectivity index (χ1n) is 16.5. The van der Waals surface area contributed by atoms with Crippen LogP contribution in [-0.4, -0.2) is 97.7 Å². The molecule has 11 nitrogen and oxygen atoms in total. The van der Waals surface area contributed by atoms with E-state index in [1.807, 2.05) is 0 Å². The van der Waals surface area contributed by atoms with Gasteiger partial charge in [0, 0.05) is 24.2 Å². The predicted octanol–water partition coefficient (Wildman–Crippen LogP) is 1.76. The van der Waals surface area contributed by atoms with Crippen molar-refractivity contribution >= 4 is 11.9 Å². The van der Waals surface area contributed by atoms with E-state index in [-0.39, 0.29) is 23.9 Å². The molecule has 44 heavy (non-hydrogen) atoms. The molecule has 2 heterocycles. The highest BCUT2D eigenvalue weighted by atomic mass is 16.7. The molecule has 1 spiro atoms. The van der Waals surface area contributed by atoms with Gasteiger partial charge in [-0.05, 0) is 73.5 Å². The summed E-state index contributed by atoms with van der Waals surface area (Å²) in [5, 5.41) is 60.1. The van der Waals surface area contributed by atoms with E-state index in [1.54, 1.807) is 0 Å². The summed E-state index contributed by atoms with van der Waals surface area (Å²) in [4.78, 5) is 24.1. The Bertz CT molecular complexity index is 1160. The Morgan fingerprint density at radius 1 is 1.00 bits per heavy atom. The number of carboxylic acid groups (broad SMARTS) is 1. The molecule has 0 bridgehead atoms. The first-order chi connectivity index (χ1) is 20.6. The van der Waals surface area contributed by atoms with Crippen LogP contribution >= 0.6 is 0 Å². The topological polar surface area (TPSA) is 183 Å². The maximum atomic E-state index is 13.1. The van der Waals surface area contributed by atoms with Gasteiger partial charge < -0.3 is 44.8 Å². The third-order valence-electron chi connectivity index (χ3n) is 13.2. The number of rotatable bonds is 6. The molecule has 5 fully saturated rings. The third-order valence-corrected chi connectivity index (χ3v) is 13.2. The SMILES string of the molecule is C[C@@H]1CC[C@@]2(OC1)O[C@H]1C[C@H]3[C@@H]4CC=C5C[C@@H](O)C[C@@H](OC(=O)[C@H](O)[C@@H](O)[C@H](O)[C@H](O)C(=O)O)[C@]5(C)[C@H]4CC[C@]3(C)[C@H]1[C@@H]2C. The number of carbonyl (C=O) groups is 2. The smallest absolute Gasteiger partial charge is 0.338 e. The molecular formula is C33H50O11. The number of fused-ring (bicyclic) bond motifs is 7. The lowest BCUT2D eigenvalue weighted by atomic mass is 9.46. The Hall–Kier alpha value is -1.60. The molecule has 6 N–H and O–H groups in total. The van der Waals surface area contributed by atoms with E-state index in [4.69, 9.17) is 19.3 Å². The maximum absolute atomic E-state index is 13.1. The predicted molar refractivity (Wildman–Crippen MR) is 155 cm³/mol. The Balaban J connectivity index is 1.22. The second-order valence-electron chi connectivity index (χ2n) is 15.4. The van der Waals surface area contributed by atoms with E-state index in [1.165, 1.54) is 0 Å². The van der Waals surface area contributed by atoms with E-state index >= 15 is 0 Å². The van der Waals surface area contributed by atoms with Crippen LogP contribution in [0.3, 0.4) is 0 Å². The Morgan fingerprint density at radius 2 is 1.70 bits per heavy atom. The standard InChI is InChI=1S/C33H50O11/c1-15-7-10-33(42-14-15)16(2)24-22(44-33)13-21-19-6-5-17-11-18(34)12-23(32(17,4)20(19)8-9-31(21,24)3)43-30(41)28(38)26(36)25(35)27(37)29(39)40/h5,15-16,18-28,34-38H,6-14H2,1-4H3,(H,39,40)/t15-,16+,18-,19-,20+,21+,22+,23-,24+,25+,26+,27+,28-,31+,32+,33-/m1/s1. The summed E-state index contributed by atoms with van der Waals surface area (Å²) >= 11 is 0. The number of ether oxygens (including phenoxy) is 3. The lowest BCUT2D eigenvalue weighted by Gasteiger charge is -2.60. The number of carbonyl (C=O) groups excluding carboxylic acids is 1. The number of carboxylic acids is 1. The van der Waals surface area contributed by atoms with E-state index < -0.39 is 59.8 Å². The highest BCUT2D eigenvalue weighted by Gasteiger charge is 2.69. The summed E-state index contributed by atoms with van der Waals surface area (Å²) < 4.78 is 19.1. The van der Waals surface area contributed by atoms with Crippen LogP contribution in [0.25, 0.3) is 0 Å². The average Bonchev–Trinajstić information content (AvgIpc) is 3.43. The molecule has 248 valence electrons. The lowest BCUT2D eigenvalue weighted by molar-refractivity contribution is -0.272. The number of allylic oxidation sites excluding steroid dienone is 1. The van der Waals surface area contributed by atoms with Gasteiger partial charge >= 0.3 is 11.9 Å². The highest BCUT2D eigenvalue weighted by Crippen LogP contribution is 2.70. The Morgan fingerprint density at radius 3 is 2.36 bits per heavy atom. The monoisotopic (exact) mass is 622 g/mol. The minimum atomic E-state index is -2.40. The van der Waals surface area contributed by atoms with E-state index in [0.717, 1.165) is 50.7 Å². The van der Waals surface area contributed by atoms with Crippen molar-refractivity contribution < 1.29 is 54.4 Å². The van der Waals surface area contributed by atoms with Crippen molar-refractivity contribution in [2.45, 2.75) is 128 Å². The van der Waals surface area contributed by atoms with E-state index in [0.29, 0.717) is 36.0 Å². The number of hydrogen-bond acceptors (Lipinski definition) is 10. The largest absolute Gasteiger partial charge is 0.479 e. The molecule has 16 atom stereocenters. The van der Waals surface area contributed by atoms with Crippen molar-refractivity contribution in [1.82, 2.24) is 0 Å². The van der Waals surface area contributed by atoms with Crippen molar-refractivity contribution in [3.8, 4) is 0 Å². The number of aliphatic hydroxyl groups excluding tert-OH is 5. The van der Waals surface area contributed by atoms with Crippen molar-refractivity contribution in [1.29, 1.82) is 0 Å². The second kappa shape index (κ2) is 11.3. The number of aliphatic carboxylic acids is 1. The van der Waals surface area contributed by atoms with Crippen LogP contribution in [0.15, 0.2) is 11.6 Å². The molecule has 6 aliphatic rings. The van der Waals surface area contributed by atoms with Gasteiger partial charge in [-0.25, -0.2) is 9.59 Å². The normalized spacial score (nSPS) is 49.0. The van der Waals surface area contributed by atoms with Crippen LogP contribution in [0.5, 0.6) is 0 Å². The van der Waals surface area contributed by atoms with Gasteiger partial charge in [0.25, 0.3) is 0 Å². The molecule has 2 aliphatic heterocycles. The van der Waals surface area contributed by atoms with Crippen molar-refractivity contribution in [2.24, 2.45) is 46.3 Å². The number of aliphatic hydroxyl groups is 5. The Kier molecular flexibility index (Phi) is 8.29. The molecule has 0 aromatic heterocycles. The van der Waals surface area contributed by atoms with Crippen LogP contribution in [0.1, 0.15) is 79.1 Å². The van der Waals surface area contributed by atoms with Crippen LogP contribution in [0.4, 0.5) is 0 Å². The van der Waals surface area contributed by atoms with Crippen molar-refractivity contribution in [3.05, 3.63) is 11.6 Å². The van der Waals surface area contributed by atoms with Gasteiger partial charge in [0.2, 0.25) is 0 Å². The van der Waals surface area contributed by atoms with Crippen molar-refractivity contribution in [2.75, 3.05) is 6.61 Å². The quantitative estimate of drug-likeness (QED) is 0.188. The fraction of sp³-hybridized carbons (Fsp3) is 0.879. The molecular weight excluding hydrogens is 572 g/mol. The molecule has 0 aromatic rings. The van der Waals surface area contributed by atoms with Gasteiger partial charge in [0.05, 0.1) is 18.8 Å². The molecule has 0 aromatic carbocycles. The zero-order valence-corrected chi connectivity index (χ0v) is 26.2. The highest BCUT2D eigenvalue weighted by molar-refractivity contribution is 5.76. The molecule has 11 heteroatoms. The summed E-state index contributed by atoms with van der Waals surface area (Å²) in [6.07, 6.45) is -2.10. The molecule has 3 saturated carbocycles. The average molecular weight is 623 g/mol. The third kappa shape index (κ3) is 4.79. The van der Waals surface area contributed by atoms with Gasteiger partial charge in [-0.2, -0.15) is 0 Å². The van der Waals surface area contributed by atoms with Crippen LogP contribution in [0.2, 0.25) is 0 Å². The minimum absolute atomic E-state index is 0.0741. The number of esters is 1. The van der Waals surface area contributed by atoms with Gasteiger partial charge in [0.1, 0.15) is 18.3 Å². The van der Waals surface area contributed by atoms with E-state index in [2.05, 4.69) is 33.8 Å². The summed E-state index contributed by atoms with van der Waals surface area (Å²) in [5.41, 5.74) is 0.489. The first-order valence-corrected chi connectivity index (χ1v) is 16.5. The van der Waals surface area contributed by atoms with Crippen LogP contribution < -0.4 is 0 Å². The van der Waals surface area contributed by atoms with Gasteiger partial charge in [-0.15, -0.1) is 0 Å². The van der Waals surface area contributed by atoms with E-state index in [9.17, 15) is 35.1 Å². The van der Waals surface area contributed by atoms with Gasteiger partial charge in [0.15, 0.2) is 18.0 Å². The fourth-order valence-electron chi connectivity index (χ4n) is 10.7. The molecule has 0 amide bonds. The lowest BCUT2D eigenvalue weighted by Crippen LogP contribution is -2.58. The summed E-state index contributed by atoms with van der Waals surface area (Å²) in [5.74, 6) is -1.44. The second-order valence-corrected chi connectivity index (χ2v) is 15.4. The molecule has 4 aliphatic carbocycles. The van der Waals surface area contributed by atoms with Crippen LogP contribution in [0, 0.1) is 46.3 Å². The van der Waals surface area contributed by atoms with Gasteiger partial charge in [-0.3, -0.25) is 0 Å². The number of hydrogen-bond donors (Lipinski definition) is 6. The fourth-order valence-corrected chi connectivity index (χ4v) is 10.7. The summed E-state index contributed by atoms with van der Waals surface area (Å²) in [6.45, 7) is 9.78. The zero-order valence-electron chi connectivity index (χ0n) is 26.2. The molecule has 2 saturated heterocycles. The molecule has 0 unspecified atom stereocenters. The van der Waals surface area contributed by atoms with Crippen LogP contribution in [-0.2, 0) is 23.8 Å². The van der Waals surface area contributed by atoms with Crippen molar-refractivity contribution in [3.63, 3.8) is 0 Å².